The van der Waals surface area contributed by atoms with Gasteiger partial charge in [-0.05, 0) is 36.4 Å². The minimum absolute atomic E-state index is 0.0132. The number of methoxy groups -OCH3 is 1. The normalized spacial score (nSPS) is 10.8. The first-order chi connectivity index (χ1) is 12.3. The lowest BCUT2D eigenvalue weighted by atomic mass is 10.3. The summed E-state index contributed by atoms with van der Waals surface area (Å²) in [6.07, 6.45) is 0. The number of rotatable bonds is 7. The number of hydrogen-bond donors (Lipinski definition) is 3. The van der Waals surface area contributed by atoms with E-state index in [4.69, 9.17) is 4.74 Å². The van der Waals surface area contributed by atoms with Gasteiger partial charge in [0.2, 0.25) is 21.8 Å². The van der Waals surface area contributed by atoms with Crippen LogP contribution in [0.25, 0.3) is 0 Å². The average Bonchev–Trinajstić information content (AvgIpc) is 2.60. The molecule has 0 saturated heterocycles. The van der Waals surface area contributed by atoms with Crippen molar-refractivity contribution in [3.63, 3.8) is 0 Å². The molecule has 2 aromatic carbocycles. The number of benzene rings is 2. The molecule has 3 N–H and O–H groups in total. The van der Waals surface area contributed by atoms with Crippen molar-refractivity contribution in [1.29, 1.82) is 0 Å². The average molecular weight is 377 g/mol. The Hall–Kier alpha value is -2.91. The van der Waals surface area contributed by atoms with Crippen molar-refractivity contribution in [1.82, 2.24) is 4.72 Å². The molecule has 0 unspecified atom stereocenters. The summed E-state index contributed by atoms with van der Waals surface area (Å²) in [5, 5.41) is 5.12. The lowest BCUT2D eigenvalue weighted by molar-refractivity contribution is -0.115. The van der Waals surface area contributed by atoms with Crippen LogP contribution in [0.15, 0.2) is 53.4 Å². The van der Waals surface area contributed by atoms with Crippen LogP contribution >= 0.6 is 0 Å². The van der Waals surface area contributed by atoms with E-state index in [1.54, 1.807) is 24.3 Å². The molecule has 0 heterocycles. The Kier molecular flexibility index (Phi) is 6.31. The van der Waals surface area contributed by atoms with Crippen LogP contribution in [0.2, 0.25) is 0 Å². The smallest absolute Gasteiger partial charge is 0.241 e. The van der Waals surface area contributed by atoms with Crippen molar-refractivity contribution >= 4 is 33.2 Å². The highest BCUT2D eigenvalue weighted by molar-refractivity contribution is 7.89. The van der Waals surface area contributed by atoms with E-state index in [1.807, 2.05) is 0 Å². The number of anilines is 2. The molecule has 26 heavy (non-hydrogen) atoms. The Morgan fingerprint density at radius 3 is 2.31 bits per heavy atom. The summed E-state index contributed by atoms with van der Waals surface area (Å²) in [6.45, 7) is 0.931. The van der Waals surface area contributed by atoms with Gasteiger partial charge in [-0.3, -0.25) is 9.59 Å². The van der Waals surface area contributed by atoms with Crippen LogP contribution in [0.5, 0.6) is 5.75 Å². The first kappa shape index (κ1) is 19.4. The number of sulfonamides is 1. The predicted octanol–water partition coefficient (Wildman–Crippen LogP) is 1.57. The number of carbonyl (C=O) groups excluding carboxylic acids is 2. The monoisotopic (exact) mass is 377 g/mol. The molecule has 8 nitrogen and oxygen atoms in total. The SMILES string of the molecule is COc1cccc(NC(=O)CNS(=O)(=O)c2ccc(NC(C)=O)cc2)c1. The van der Waals surface area contributed by atoms with Gasteiger partial charge in [0.25, 0.3) is 0 Å². The molecule has 0 aliphatic carbocycles. The van der Waals surface area contributed by atoms with Gasteiger partial charge in [0.15, 0.2) is 0 Å². The van der Waals surface area contributed by atoms with Crippen molar-refractivity contribution in [3.05, 3.63) is 48.5 Å². The van der Waals surface area contributed by atoms with E-state index in [-0.39, 0.29) is 10.8 Å². The molecule has 0 aliphatic rings. The number of carbonyl (C=O) groups is 2. The molecule has 0 spiro atoms. The second-order valence-corrected chi connectivity index (χ2v) is 7.08. The largest absolute Gasteiger partial charge is 0.497 e. The Bertz CT molecular complexity index is 895. The van der Waals surface area contributed by atoms with Gasteiger partial charge in [0.1, 0.15) is 5.75 Å². The Labute approximate surface area is 151 Å². The Morgan fingerprint density at radius 2 is 1.69 bits per heavy atom. The van der Waals surface area contributed by atoms with Crippen LogP contribution in [0.4, 0.5) is 11.4 Å². The van der Waals surface area contributed by atoms with Crippen LogP contribution in [0.1, 0.15) is 6.92 Å². The summed E-state index contributed by atoms with van der Waals surface area (Å²) in [5.41, 5.74) is 0.973. The third-order valence-corrected chi connectivity index (χ3v) is 4.68. The molecule has 0 bridgehead atoms. The topological polar surface area (TPSA) is 114 Å². The minimum atomic E-state index is -3.85. The number of ether oxygens (including phenoxy) is 1. The lowest BCUT2D eigenvalue weighted by Gasteiger charge is -2.09. The first-order valence-corrected chi connectivity index (χ1v) is 9.10. The molecule has 0 fully saturated rings. The fraction of sp³-hybridized carbons (Fsp3) is 0.176. The van der Waals surface area contributed by atoms with Crippen molar-refractivity contribution in [3.8, 4) is 5.75 Å². The lowest BCUT2D eigenvalue weighted by Crippen LogP contribution is -2.32. The first-order valence-electron chi connectivity index (χ1n) is 7.61. The molecule has 9 heteroatoms. The van der Waals surface area contributed by atoms with Gasteiger partial charge in [-0.25, -0.2) is 13.1 Å². The summed E-state index contributed by atoms with van der Waals surface area (Å²) in [7, 11) is -2.35. The molecule has 0 aliphatic heterocycles. The molecule has 2 rings (SSSR count). The van der Waals surface area contributed by atoms with E-state index in [9.17, 15) is 18.0 Å². The molecule has 0 aromatic heterocycles. The molecule has 0 atom stereocenters. The van der Waals surface area contributed by atoms with Gasteiger partial charge in [0.05, 0.1) is 18.6 Å². The summed E-state index contributed by atoms with van der Waals surface area (Å²) < 4.78 is 31.7. The number of hydrogen-bond acceptors (Lipinski definition) is 5. The van der Waals surface area contributed by atoms with Crippen LogP contribution < -0.4 is 20.1 Å². The zero-order valence-corrected chi connectivity index (χ0v) is 15.1. The zero-order chi connectivity index (χ0) is 19.2. The quantitative estimate of drug-likeness (QED) is 0.678. The van der Waals surface area contributed by atoms with Crippen LogP contribution in [0, 0.1) is 0 Å². The van der Waals surface area contributed by atoms with Crippen molar-refractivity contribution in [2.75, 3.05) is 24.3 Å². The Balaban J connectivity index is 1.96. The standard InChI is InChI=1S/C17H19N3O5S/c1-12(21)19-13-6-8-16(9-7-13)26(23,24)18-11-17(22)20-14-4-3-5-15(10-14)25-2/h3-10,18H,11H2,1-2H3,(H,19,21)(H,20,22). The third kappa shape index (κ3) is 5.57. The number of nitrogens with one attached hydrogen (secondary N) is 3. The van der Waals surface area contributed by atoms with Gasteiger partial charge in [-0.15, -0.1) is 0 Å². The summed E-state index contributed by atoms with van der Waals surface area (Å²) in [4.78, 5) is 22.9. The highest BCUT2D eigenvalue weighted by Crippen LogP contribution is 2.17. The Morgan fingerprint density at radius 1 is 1.00 bits per heavy atom. The predicted molar refractivity (Wildman–Crippen MR) is 97.6 cm³/mol. The van der Waals surface area contributed by atoms with Crippen molar-refractivity contribution < 1.29 is 22.7 Å². The molecular formula is C17H19N3O5S. The summed E-state index contributed by atoms with van der Waals surface area (Å²) in [6, 6.07) is 12.3. The third-order valence-electron chi connectivity index (χ3n) is 3.26. The summed E-state index contributed by atoms with van der Waals surface area (Å²) >= 11 is 0. The molecule has 138 valence electrons. The number of amides is 2. The molecule has 0 saturated carbocycles. The molecule has 0 radical (unpaired) electrons. The maximum absolute atomic E-state index is 12.2. The second-order valence-electron chi connectivity index (χ2n) is 5.31. The van der Waals surface area contributed by atoms with Gasteiger partial charge >= 0.3 is 0 Å². The highest BCUT2D eigenvalue weighted by Gasteiger charge is 2.15. The van der Waals surface area contributed by atoms with Crippen molar-refractivity contribution in [2.24, 2.45) is 0 Å². The van der Waals surface area contributed by atoms with Crippen molar-refractivity contribution in [2.45, 2.75) is 11.8 Å². The molecule has 2 amide bonds. The molecular weight excluding hydrogens is 358 g/mol. The van der Waals surface area contributed by atoms with Crippen LogP contribution in [-0.2, 0) is 19.6 Å². The van der Waals surface area contributed by atoms with E-state index in [0.717, 1.165) is 0 Å². The van der Waals surface area contributed by atoms with Crippen LogP contribution in [-0.4, -0.2) is 33.9 Å². The summed E-state index contributed by atoms with van der Waals surface area (Å²) in [5.74, 6) is -0.202. The minimum Gasteiger partial charge on any atom is -0.497 e. The van der Waals surface area contributed by atoms with Gasteiger partial charge in [-0.2, -0.15) is 0 Å². The van der Waals surface area contributed by atoms with E-state index in [2.05, 4.69) is 15.4 Å². The van der Waals surface area contributed by atoms with E-state index in [1.165, 1.54) is 38.3 Å². The van der Waals surface area contributed by atoms with Gasteiger partial charge < -0.3 is 15.4 Å². The van der Waals surface area contributed by atoms with Crippen LogP contribution in [0.3, 0.4) is 0 Å². The van der Waals surface area contributed by atoms with E-state index >= 15 is 0 Å². The van der Waals surface area contributed by atoms with Gasteiger partial charge in [0, 0.05) is 24.4 Å². The fourth-order valence-electron chi connectivity index (χ4n) is 2.07. The second kappa shape index (κ2) is 8.45. The molecule has 2 aromatic rings. The van der Waals surface area contributed by atoms with E-state index in [0.29, 0.717) is 17.1 Å². The maximum Gasteiger partial charge on any atom is 0.241 e. The van der Waals surface area contributed by atoms with Gasteiger partial charge in [-0.1, -0.05) is 6.07 Å². The maximum atomic E-state index is 12.2. The fourth-order valence-corrected chi connectivity index (χ4v) is 3.05. The highest BCUT2D eigenvalue weighted by atomic mass is 32.2. The van der Waals surface area contributed by atoms with E-state index < -0.39 is 22.5 Å². The zero-order valence-electron chi connectivity index (χ0n) is 14.3.